The second-order valence-electron chi connectivity index (χ2n) is 5.10. The topological polar surface area (TPSA) is 78.9 Å². The molecule has 0 saturated carbocycles. The Hall–Kier alpha value is -1.92. The van der Waals surface area contributed by atoms with Crippen molar-refractivity contribution in [2.45, 2.75) is 12.5 Å². The zero-order valence-corrected chi connectivity index (χ0v) is 12.0. The fraction of sp³-hybridized carbons (Fsp3) is 0.467. The fourth-order valence-corrected chi connectivity index (χ4v) is 2.56. The van der Waals surface area contributed by atoms with E-state index < -0.39 is 11.9 Å². The number of methoxy groups -OCH3 is 1. The summed E-state index contributed by atoms with van der Waals surface area (Å²) in [4.78, 5) is 25.1. The smallest absolute Gasteiger partial charge is 0.312 e. The number of ether oxygens (including phenoxy) is 1. The molecule has 0 fully saturated rings. The van der Waals surface area contributed by atoms with Crippen LogP contribution in [-0.4, -0.2) is 55.2 Å². The standard InChI is InChI=1S/C15H20N2O4/c1-21-7-6-16-14(18)10-17-8-11-4-2-3-5-12(11)13(9-17)15(19)20/h2-5,13H,6-10H2,1H3,(H,16,18)(H,19,20). The number of fused-ring (bicyclic) bond motifs is 1. The van der Waals surface area contributed by atoms with E-state index in [0.717, 1.165) is 11.1 Å². The van der Waals surface area contributed by atoms with Crippen LogP contribution in [0.2, 0.25) is 0 Å². The highest BCUT2D eigenvalue weighted by molar-refractivity contribution is 5.79. The lowest BCUT2D eigenvalue weighted by molar-refractivity contribution is -0.140. The number of carboxylic acids is 1. The molecule has 0 aliphatic carbocycles. The van der Waals surface area contributed by atoms with E-state index >= 15 is 0 Å². The van der Waals surface area contributed by atoms with Crippen molar-refractivity contribution in [2.75, 3.05) is 33.4 Å². The van der Waals surface area contributed by atoms with E-state index in [1.165, 1.54) is 0 Å². The third kappa shape index (κ3) is 4.03. The number of hydrogen-bond acceptors (Lipinski definition) is 4. The first-order valence-corrected chi connectivity index (χ1v) is 6.90. The highest BCUT2D eigenvalue weighted by atomic mass is 16.5. The van der Waals surface area contributed by atoms with Gasteiger partial charge in [0, 0.05) is 26.7 Å². The largest absolute Gasteiger partial charge is 0.481 e. The lowest BCUT2D eigenvalue weighted by atomic mass is 9.90. The Morgan fingerprint density at radius 2 is 2.19 bits per heavy atom. The molecular weight excluding hydrogens is 272 g/mol. The van der Waals surface area contributed by atoms with Crippen LogP contribution < -0.4 is 5.32 Å². The van der Waals surface area contributed by atoms with Crippen LogP contribution >= 0.6 is 0 Å². The lowest BCUT2D eigenvalue weighted by Gasteiger charge is -2.32. The Kier molecular flexibility index (Phi) is 5.30. The zero-order valence-electron chi connectivity index (χ0n) is 12.0. The van der Waals surface area contributed by atoms with Gasteiger partial charge in [-0.1, -0.05) is 24.3 Å². The Bertz CT molecular complexity index is 518. The van der Waals surface area contributed by atoms with Crippen molar-refractivity contribution in [1.82, 2.24) is 10.2 Å². The number of carbonyl (C=O) groups is 2. The van der Waals surface area contributed by atoms with Gasteiger partial charge in [0.2, 0.25) is 5.91 Å². The summed E-state index contributed by atoms with van der Waals surface area (Å²) in [7, 11) is 1.57. The van der Waals surface area contributed by atoms with Crippen molar-refractivity contribution < 1.29 is 19.4 Å². The van der Waals surface area contributed by atoms with Gasteiger partial charge >= 0.3 is 5.97 Å². The molecular formula is C15H20N2O4. The molecule has 6 nitrogen and oxygen atoms in total. The molecule has 0 bridgehead atoms. The third-order valence-electron chi connectivity index (χ3n) is 3.56. The number of hydrogen-bond donors (Lipinski definition) is 2. The average molecular weight is 292 g/mol. The summed E-state index contributed by atoms with van der Waals surface area (Å²) in [6.45, 7) is 2.07. The van der Waals surface area contributed by atoms with Crippen LogP contribution in [0.5, 0.6) is 0 Å². The van der Waals surface area contributed by atoms with Crippen molar-refractivity contribution in [3.63, 3.8) is 0 Å². The van der Waals surface area contributed by atoms with E-state index in [1.54, 1.807) is 7.11 Å². The predicted octanol–water partition coefficient (Wildman–Crippen LogP) is 0.433. The van der Waals surface area contributed by atoms with Crippen LogP contribution in [0, 0.1) is 0 Å². The summed E-state index contributed by atoms with van der Waals surface area (Å²) in [5.74, 6) is -1.55. The molecule has 0 aromatic heterocycles. The van der Waals surface area contributed by atoms with Gasteiger partial charge in [-0.15, -0.1) is 0 Å². The number of benzene rings is 1. The zero-order chi connectivity index (χ0) is 15.2. The van der Waals surface area contributed by atoms with Crippen molar-refractivity contribution in [1.29, 1.82) is 0 Å². The molecule has 1 aliphatic heterocycles. The number of carbonyl (C=O) groups excluding carboxylic acids is 1. The number of nitrogens with one attached hydrogen (secondary N) is 1. The molecule has 0 radical (unpaired) electrons. The summed E-state index contributed by atoms with van der Waals surface area (Å²) >= 11 is 0. The molecule has 1 aliphatic rings. The van der Waals surface area contributed by atoms with Gasteiger partial charge in [-0.2, -0.15) is 0 Å². The quantitative estimate of drug-likeness (QED) is 0.744. The molecule has 1 atom stereocenters. The second kappa shape index (κ2) is 7.19. The van der Waals surface area contributed by atoms with Crippen LogP contribution in [0.25, 0.3) is 0 Å². The first kappa shape index (κ1) is 15.5. The molecule has 114 valence electrons. The summed E-state index contributed by atoms with van der Waals surface area (Å²) in [6.07, 6.45) is 0. The molecule has 2 rings (SSSR count). The predicted molar refractivity (Wildman–Crippen MR) is 77.0 cm³/mol. The van der Waals surface area contributed by atoms with E-state index in [1.807, 2.05) is 29.2 Å². The van der Waals surface area contributed by atoms with Crippen LogP contribution in [0.4, 0.5) is 0 Å². The minimum absolute atomic E-state index is 0.115. The van der Waals surface area contributed by atoms with Gasteiger partial charge < -0.3 is 15.2 Å². The van der Waals surface area contributed by atoms with Gasteiger partial charge in [-0.3, -0.25) is 14.5 Å². The summed E-state index contributed by atoms with van der Waals surface area (Å²) < 4.78 is 4.87. The first-order chi connectivity index (χ1) is 10.1. The Labute approximate surface area is 123 Å². The van der Waals surface area contributed by atoms with Crippen molar-refractivity contribution in [3.8, 4) is 0 Å². The van der Waals surface area contributed by atoms with Gasteiger partial charge in [0.15, 0.2) is 0 Å². The molecule has 1 amide bonds. The maximum absolute atomic E-state index is 11.8. The molecule has 1 unspecified atom stereocenters. The number of nitrogens with zero attached hydrogens (tertiary/aromatic N) is 1. The summed E-state index contributed by atoms with van der Waals surface area (Å²) in [5.41, 5.74) is 1.82. The number of aliphatic carboxylic acids is 1. The number of rotatable bonds is 6. The average Bonchev–Trinajstić information content (AvgIpc) is 2.46. The maximum Gasteiger partial charge on any atom is 0.312 e. The second-order valence-corrected chi connectivity index (χ2v) is 5.10. The van der Waals surface area contributed by atoms with Gasteiger partial charge in [0.05, 0.1) is 19.1 Å². The summed E-state index contributed by atoms with van der Waals surface area (Å²) in [6, 6.07) is 7.51. The van der Waals surface area contributed by atoms with Gasteiger partial charge in [0.25, 0.3) is 0 Å². The monoisotopic (exact) mass is 292 g/mol. The third-order valence-corrected chi connectivity index (χ3v) is 3.56. The van der Waals surface area contributed by atoms with Crippen molar-refractivity contribution in [3.05, 3.63) is 35.4 Å². The van der Waals surface area contributed by atoms with E-state index in [-0.39, 0.29) is 12.5 Å². The van der Waals surface area contributed by atoms with Gasteiger partial charge in [-0.05, 0) is 11.1 Å². The van der Waals surface area contributed by atoms with Gasteiger partial charge in [0.1, 0.15) is 0 Å². The van der Waals surface area contributed by atoms with E-state index in [4.69, 9.17) is 4.74 Å². The molecule has 6 heteroatoms. The molecule has 0 saturated heterocycles. The van der Waals surface area contributed by atoms with Crippen molar-refractivity contribution in [2.24, 2.45) is 0 Å². The Morgan fingerprint density at radius 3 is 2.90 bits per heavy atom. The van der Waals surface area contributed by atoms with Crippen LogP contribution in [-0.2, 0) is 20.9 Å². The molecule has 1 heterocycles. The van der Waals surface area contributed by atoms with Crippen molar-refractivity contribution >= 4 is 11.9 Å². The molecule has 21 heavy (non-hydrogen) atoms. The van der Waals surface area contributed by atoms with E-state index in [9.17, 15) is 14.7 Å². The summed E-state index contributed by atoms with van der Waals surface area (Å²) in [5, 5.41) is 12.1. The number of amides is 1. The maximum atomic E-state index is 11.8. The minimum atomic E-state index is -0.855. The van der Waals surface area contributed by atoms with Crippen LogP contribution in [0.1, 0.15) is 17.0 Å². The van der Waals surface area contributed by atoms with Crippen LogP contribution in [0.15, 0.2) is 24.3 Å². The Balaban J connectivity index is 2.01. The first-order valence-electron chi connectivity index (χ1n) is 6.90. The number of carboxylic acid groups (broad SMARTS) is 1. The molecule has 1 aromatic rings. The highest BCUT2D eigenvalue weighted by Crippen LogP contribution is 2.28. The van der Waals surface area contributed by atoms with Gasteiger partial charge in [-0.25, -0.2) is 0 Å². The SMILES string of the molecule is COCCNC(=O)CN1Cc2ccccc2C(C(=O)O)C1. The fourth-order valence-electron chi connectivity index (χ4n) is 2.56. The lowest BCUT2D eigenvalue weighted by Crippen LogP contribution is -2.43. The van der Waals surface area contributed by atoms with E-state index in [2.05, 4.69) is 5.32 Å². The van der Waals surface area contributed by atoms with Crippen LogP contribution in [0.3, 0.4) is 0 Å². The normalized spacial score (nSPS) is 18.0. The highest BCUT2D eigenvalue weighted by Gasteiger charge is 2.30. The Morgan fingerprint density at radius 1 is 1.43 bits per heavy atom. The molecule has 2 N–H and O–H groups in total. The molecule has 0 spiro atoms. The van der Waals surface area contributed by atoms with E-state index in [0.29, 0.717) is 26.2 Å². The molecule has 1 aromatic carbocycles. The minimum Gasteiger partial charge on any atom is -0.481 e.